The third-order valence-corrected chi connectivity index (χ3v) is 5.31. The molecule has 30 heavy (non-hydrogen) atoms. The molecular weight excluding hydrogens is 376 g/mol. The van der Waals surface area contributed by atoms with E-state index in [0.717, 1.165) is 48.9 Å². The van der Waals surface area contributed by atoms with Gasteiger partial charge in [-0.1, -0.05) is 41.1 Å². The van der Waals surface area contributed by atoms with Gasteiger partial charge in [0, 0.05) is 44.1 Å². The van der Waals surface area contributed by atoms with E-state index >= 15 is 0 Å². The standard InChI is InChI=1S/C23H22N6O/c1-17-5-7-18(8-6-17)22-26-23(30-27-22)19-9-10-21(25-16-19)29-14-12-28(13-15-29)20-4-2-3-11-24-20/h2-11,16H,12-15H2,1H3. The van der Waals surface area contributed by atoms with E-state index in [1.54, 1.807) is 6.20 Å². The second-order valence-corrected chi connectivity index (χ2v) is 7.36. The van der Waals surface area contributed by atoms with E-state index in [1.807, 2.05) is 54.7 Å². The first kappa shape index (κ1) is 18.3. The first-order valence-corrected chi connectivity index (χ1v) is 10.0. The van der Waals surface area contributed by atoms with Gasteiger partial charge in [0.05, 0.1) is 5.56 Å². The zero-order chi connectivity index (χ0) is 20.3. The lowest BCUT2D eigenvalue weighted by molar-refractivity contribution is 0.432. The van der Waals surface area contributed by atoms with Crippen LogP contribution in [0.3, 0.4) is 0 Å². The lowest BCUT2D eigenvalue weighted by Gasteiger charge is -2.36. The molecule has 1 saturated heterocycles. The van der Waals surface area contributed by atoms with Crippen molar-refractivity contribution in [3.8, 4) is 22.8 Å². The van der Waals surface area contributed by atoms with Crippen LogP contribution in [0.5, 0.6) is 0 Å². The summed E-state index contributed by atoms with van der Waals surface area (Å²) in [6.45, 7) is 5.70. The van der Waals surface area contributed by atoms with Crippen LogP contribution in [0.4, 0.5) is 11.6 Å². The molecule has 0 saturated carbocycles. The summed E-state index contributed by atoms with van der Waals surface area (Å²) in [5.41, 5.74) is 2.95. The molecule has 0 N–H and O–H groups in total. The van der Waals surface area contributed by atoms with Gasteiger partial charge in [-0.15, -0.1) is 0 Å². The molecule has 0 aliphatic carbocycles. The minimum atomic E-state index is 0.476. The Morgan fingerprint density at radius 2 is 1.47 bits per heavy atom. The summed E-state index contributed by atoms with van der Waals surface area (Å²) in [4.78, 5) is 18.2. The molecule has 0 atom stereocenters. The SMILES string of the molecule is Cc1ccc(-c2noc(-c3ccc(N4CCN(c5ccccn5)CC4)nc3)n2)cc1. The third kappa shape index (κ3) is 3.74. The topological polar surface area (TPSA) is 71.2 Å². The van der Waals surface area contributed by atoms with Crippen molar-refractivity contribution in [2.45, 2.75) is 6.92 Å². The van der Waals surface area contributed by atoms with E-state index in [1.165, 1.54) is 5.56 Å². The van der Waals surface area contributed by atoms with Gasteiger partial charge in [0.25, 0.3) is 5.89 Å². The van der Waals surface area contributed by atoms with Crippen molar-refractivity contribution in [3.63, 3.8) is 0 Å². The molecule has 0 radical (unpaired) electrons. The third-order valence-electron chi connectivity index (χ3n) is 5.31. The maximum absolute atomic E-state index is 5.46. The Morgan fingerprint density at radius 3 is 2.10 bits per heavy atom. The first-order valence-electron chi connectivity index (χ1n) is 10.0. The smallest absolute Gasteiger partial charge is 0.259 e. The first-order chi connectivity index (χ1) is 14.8. The molecular formula is C23H22N6O. The van der Waals surface area contributed by atoms with Crippen molar-refractivity contribution in [2.75, 3.05) is 36.0 Å². The minimum absolute atomic E-state index is 0.476. The molecule has 4 aromatic rings. The van der Waals surface area contributed by atoms with Gasteiger partial charge in [0.2, 0.25) is 5.82 Å². The number of piperazine rings is 1. The lowest BCUT2D eigenvalue weighted by atomic mass is 10.1. The van der Waals surface area contributed by atoms with Gasteiger partial charge in [-0.25, -0.2) is 9.97 Å². The number of pyridine rings is 2. The fourth-order valence-electron chi connectivity index (χ4n) is 3.57. The lowest BCUT2D eigenvalue weighted by Crippen LogP contribution is -2.47. The molecule has 5 rings (SSSR count). The number of nitrogens with zero attached hydrogens (tertiary/aromatic N) is 6. The van der Waals surface area contributed by atoms with Gasteiger partial charge in [0.15, 0.2) is 0 Å². The Hall–Kier alpha value is -3.74. The highest BCUT2D eigenvalue weighted by atomic mass is 16.5. The van der Waals surface area contributed by atoms with Gasteiger partial charge in [-0.3, -0.25) is 0 Å². The molecule has 7 nitrogen and oxygen atoms in total. The van der Waals surface area contributed by atoms with Crippen LogP contribution in [0.2, 0.25) is 0 Å². The van der Waals surface area contributed by atoms with Gasteiger partial charge < -0.3 is 14.3 Å². The maximum Gasteiger partial charge on any atom is 0.259 e. The van der Waals surface area contributed by atoms with Crippen LogP contribution in [-0.4, -0.2) is 46.3 Å². The predicted octanol–water partition coefficient (Wildman–Crippen LogP) is 3.83. The number of hydrogen-bond donors (Lipinski definition) is 0. The number of aromatic nitrogens is 4. The average Bonchev–Trinajstić information content (AvgIpc) is 3.31. The molecule has 4 heterocycles. The van der Waals surface area contributed by atoms with Crippen molar-refractivity contribution in [1.29, 1.82) is 0 Å². The number of hydrogen-bond acceptors (Lipinski definition) is 7. The number of aryl methyl sites for hydroxylation is 1. The van der Waals surface area contributed by atoms with E-state index in [9.17, 15) is 0 Å². The molecule has 7 heteroatoms. The Bertz CT molecular complexity index is 1100. The summed E-state index contributed by atoms with van der Waals surface area (Å²) in [5, 5.41) is 4.11. The molecule has 1 aliphatic heterocycles. The summed E-state index contributed by atoms with van der Waals surface area (Å²) in [6.07, 6.45) is 3.64. The minimum Gasteiger partial charge on any atom is -0.353 e. The van der Waals surface area contributed by atoms with Crippen LogP contribution in [-0.2, 0) is 0 Å². The molecule has 1 aromatic carbocycles. The second-order valence-electron chi connectivity index (χ2n) is 7.36. The van der Waals surface area contributed by atoms with E-state index in [-0.39, 0.29) is 0 Å². The van der Waals surface area contributed by atoms with Crippen LogP contribution >= 0.6 is 0 Å². The van der Waals surface area contributed by atoms with E-state index in [2.05, 4.69) is 42.9 Å². The molecule has 0 amide bonds. The largest absolute Gasteiger partial charge is 0.353 e. The van der Waals surface area contributed by atoms with E-state index in [4.69, 9.17) is 4.52 Å². The monoisotopic (exact) mass is 398 g/mol. The van der Waals surface area contributed by atoms with Gasteiger partial charge in [-0.2, -0.15) is 4.98 Å². The van der Waals surface area contributed by atoms with Crippen LogP contribution in [0.1, 0.15) is 5.56 Å². The predicted molar refractivity (Wildman–Crippen MR) is 116 cm³/mol. The van der Waals surface area contributed by atoms with Gasteiger partial charge in [0.1, 0.15) is 11.6 Å². The van der Waals surface area contributed by atoms with Crippen molar-refractivity contribution < 1.29 is 4.52 Å². The molecule has 150 valence electrons. The van der Waals surface area contributed by atoms with E-state index in [0.29, 0.717) is 11.7 Å². The molecule has 0 spiro atoms. The van der Waals surface area contributed by atoms with Crippen LogP contribution in [0, 0.1) is 6.92 Å². The molecule has 1 fully saturated rings. The Labute approximate surface area is 175 Å². The van der Waals surface area contributed by atoms with Crippen molar-refractivity contribution in [3.05, 3.63) is 72.6 Å². The summed E-state index contributed by atoms with van der Waals surface area (Å²) >= 11 is 0. The number of benzene rings is 1. The summed E-state index contributed by atoms with van der Waals surface area (Å²) in [7, 11) is 0. The van der Waals surface area contributed by atoms with Crippen LogP contribution in [0.25, 0.3) is 22.8 Å². The zero-order valence-corrected chi connectivity index (χ0v) is 16.8. The average molecular weight is 398 g/mol. The highest BCUT2D eigenvalue weighted by Crippen LogP contribution is 2.24. The Morgan fingerprint density at radius 1 is 0.767 bits per heavy atom. The fraction of sp³-hybridized carbons (Fsp3) is 0.217. The molecule has 0 unspecified atom stereocenters. The molecule has 3 aromatic heterocycles. The van der Waals surface area contributed by atoms with Crippen molar-refractivity contribution in [1.82, 2.24) is 20.1 Å². The van der Waals surface area contributed by atoms with Crippen molar-refractivity contribution in [2.24, 2.45) is 0 Å². The maximum atomic E-state index is 5.46. The number of anilines is 2. The second kappa shape index (κ2) is 7.94. The Balaban J connectivity index is 1.26. The van der Waals surface area contributed by atoms with Gasteiger partial charge in [-0.05, 0) is 31.2 Å². The van der Waals surface area contributed by atoms with Crippen LogP contribution < -0.4 is 9.80 Å². The van der Waals surface area contributed by atoms with Crippen molar-refractivity contribution >= 4 is 11.6 Å². The number of rotatable bonds is 4. The van der Waals surface area contributed by atoms with Crippen LogP contribution in [0.15, 0.2) is 71.5 Å². The molecule has 0 bridgehead atoms. The summed E-state index contributed by atoms with van der Waals surface area (Å²) < 4.78 is 5.46. The highest BCUT2D eigenvalue weighted by Gasteiger charge is 2.19. The quantitative estimate of drug-likeness (QED) is 0.517. The molecule has 1 aliphatic rings. The summed E-state index contributed by atoms with van der Waals surface area (Å²) in [5.74, 6) is 3.04. The normalized spacial score (nSPS) is 14.2. The van der Waals surface area contributed by atoms with E-state index < -0.39 is 0 Å². The fourth-order valence-corrected chi connectivity index (χ4v) is 3.57. The zero-order valence-electron chi connectivity index (χ0n) is 16.8. The van der Waals surface area contributed by atoms with Gasteiger partial charge >= 0.3 is 0 Å². The Kier molecular flexibility index (Phi) is 4.85. The summed E-state index contributed by atoms with van der Waals surface area (Å²) in [6, 6.07) is 18.1. The highest BCUT2D eigenvalue weighted by molar-refractivity contribution is 5.60.